The highest BCUT2D eigenvalue weighted by molar-refractivity contribution is 6.33. The SMILES string of the molecule is COc1cc(NC(=O)Nc2ccc(N3CCN(C)CC3)cc2)ccc1Nc1ncc(Cl)c(Nc2cccc(OC)c2N2CCOCC2)n1. The van der Waals surface area contributed by atoms with Crippen LogP contribution in [0.25, 0.3) is 0 Å². The van der Waals surface area contributed by atoms with Gasteiger partial charge in [-0.25, -0.2) is 9.78 Å². The number of nitrogens with one attached hydrogen (secondary N) is 4. The molecule has 1 aromatic heterocycles. The number of ether oxygens (including phenoxy) is 3. The number of carbonyl (C=O) groups excluding carboxylic acids is 1. The van der Waals surface area contributed by atoms with Crippen LogP contribution in [-0.4, -0.2) is 94.6 Å². The summed E-state index contributed by atoms with van der Waals surface area (Å²) < 4.78 is 16.9. The van der Waals surface area contributed by atoms with Crippen LogP contribution < -0.4 is 40.5 Å². The van der Waals surface area contributed by atoms with Crippen molar-refractivity contribution >= 4 is 63.5 Å². The van der Waals surface area contributed by atoms with Gasteiger partial charge in [-0.15, -0.1) is 0 Å². The summed E-state index contributed by atoms with van der Waals surface area (Å²) in [4.78, 5) is 28.7. The second-order valence-electron chi connectivity index (χ2n) is 11.4. The number of aromatic nitrogens is 2. The Bertz CT molecular complexity index is 1710. The molecule has 2 aliphatic heterocycles. The normalized spacial score (nSPS) is 15.1. The van der Waals surface area contributed by atoms with E-state index in [4.69, 9.17) is 25.8 Å². The van der Waals surface area contributed by atoms with Crippen LogP contribution in [0.1, 0.15) is 0 Å². The van der Waals surface area contributed by atoms with Crippen LogP contribution in [0.15, 0.2) is 66.9 Å². The molecule has 2 amide bonds. The van der Waals surface area contributed by atoms with E-state index in [9.17, 15) is 4.79 Å². The molecule has 3 heterocycles. The summed E-state index contributed by atoms with van der Waals surface area (Å²) in [6.07, 6.45) is 1.53. The molecule has 2 fully saturated rings. The highest BCUT2D eigenvalue weighted by atomic mass is 35.5. The average molecular weight is 674 g/mol. The van der Waals surface area contributed by atoms with Gasteiger partial charge in [0.1, 0.15) is 22.2 Å². The number of benzene rings is 3. The molecule has 4 aromatic rings. The molecule has 2 saturated heterocycles. The van der Waals surface area contributed by atoms with Crippen molar-refractivity contribution in [3.63, 3.8) is 0 Å². The number of halogens is 1. The number of hydrogen-bond donors (Lipinski definition) is 4. The maximum atomic E-state index is 12.8. The van der Waals surface area contributed by atoms with Crippen LogP contribution in [-0.2, 0) is 4.74 Å². The van der Waals surface area contributed by atoms with Crippen LogP contribution in [0.5, 0.6) is 11.5 Å². The molecule has 0 bridgehead atoms. The summed E-state index contributed by atoms with van der Waals surface area (Å²) in [7, 11) is 5.34. The summed E-state index contributed by atoms with van der Waals surface area (Å²) >= 11 is 6.54. The van der Waals surface area contributed by atoms with Crippen LogP contribution in [0, 0.1) is 0 Å². The van der Waals surface area contributed by atoms with Crippen molar-refractivity contribution in [3.05, 3.63) is 71.9 Å². The molecule has 0 saturated carbocycles. The second-order valence-corrected chi connectivity index (χ2v) is 11.8. The van der Waals surface area contributed by atoms with Gasteiger partial charge in [0.15, 0.2) is 5.82 Å². The van der Waals surface area contributed by atoms with E-state index in [-0.39, 0.29) is 6.03 Å². The third kappa shape index (κ3) is 7.93. The largest absolute Gasteiger partial charge is 0.495 e. The van der Waals surface area contributed by atoms with Gasteiger partial charge in [-0.3, -0.25) is 0 Å². The molecule has 0 unspecified atom stereocenters. The zero-order valence-corrected chi connectivity index (χ0v) is 28.0. The first-order valence-corrected chi connectivity index (χ1v) is 16.1. The molecule has 14 heteroatoms. The van der Waals surface area contributed by atoms with Crippen molar-refractivity contribution in [2.45, 2.75) is 0 Å². The van der Waals surface area contributed by atoms with Crippen molar-refractivity contribution in [1.82, 2.24) is 14.9 Å². The van der Waals surface area contributed by atoms with Gasteiger partial charge in [0.05, 0.1) is 45.0 Å². The van der Waals surface area contributed by atoms with Crippen LogP contribution in [0.2, 0.25) is 5.02 Å². The van der Waals surface area contributed by atoms with Crippen molar-refractivity contribution in [3.8, 4) is 11.5 Å². The van der Waals surface area contributed by atoms with E-state index in [1.54, 1.807) is 32.4 Å². The van der Waals surface area contributed by atoms with E-state index >= 15 is 0 Å². The van der Waals surface area contributed by atoms with Crippen LogP contribution in [0.3, 0.4) is 0 Å². The number of urea groups is 1. The van der Waals surface area contributed by atoms with E-state index in [1.807, 2.05) is 42.5 Å². The molecule has 0 radical (unpaired) electrons. The Morgan fingerprint density at radius 3 is 2.25 bits per heavy atom. The van der Waals surface area contributed by atoms with Crippen LogP contribution in [0.4, 0.5) is 50.7 Å². The number of hydrogen-bond acceptors (Lipinski definition) is 11. The highest BCUT2D eigenvalue weighted by Gasteiger charge is 2.21. The predicted molar refractivity (Wildman–Crippen MR) is 191 cm³/mol. The van der Waals surface area contributed by atoms with Gasteiger partial charge in [-0.2, -0.15) is 4.98 Å². The number of likely N-dealkylation sites (N-methyl/N-ethyl adjacent to an activating group) is 1. The Morgan fingerprint density at radius 1 is 0.812 bits per heavy atom. The molecule has 13 nitrogen and oxygen atoms in total. The fourth-order valence-corrected chi connectivity index (χ4v) is 5.79. The minimum absolute atomic E-state index is 0.300. The standard InChI is InChI=1S/C34H40ClN9O4/c1-42-13-15-43(16-14-42)25-10-7-23(8-11-25)37-34(45)38-24-9-12-27(30(21-24)47-3)40-33-36-22-26(35)32(41-33)39-28-5-4-6-29(46-2)31(28)44-17-19-48-20-18-44/h4-12,21-22H,13-20H2,1-3H3,(H2,37,38,45)(H2,36,39,40,41). The third-order valence-corrected chi connectivity index (χ3v) is 8.52. The summed E-state index contributed by atoms with van der Waals surface area (Å²) in [6.45, 7) is 6.76. The third-order valence-electron chi connectivity index (χ3n) is 8.24. The molecule has 3 aromatic carbocycles. The Balaban J connectivity index is 1.11. The number of morpholine rings is 1. The van der Waals surface area contributed by atoms with E-state index in [0.29, 0.717) is 52.8 Å². The van der Waals surface area contributed by atoms with Gasteiger partial charge in [-0.05, 0) is 55.6 Å². The lowest BCUT2D eigenvalue weighted by atomic mass is 10.2. The van der Waals surface area contributed by atoms with E-state index in [0.717, 1.165) is 62.1 Å². The molecule has 0 spiro atoms. The topological polar surface area (TPSA) is 128 Å². The van der Waals surface area contributed by atoms with Gasteiger partial charge in [0, 0.05) is 62.4 Å². The fourth-order valence-electron chi connectivity index (χ4n) is 5.65. The summed E-state index contributed by atoms with van der Waals surface area (Å²) in [5, 5.41) is 12.7. The lowest BCUT2D eigenvalue weighted by molar-refractivity contribution is 0.122. The smallest absolute Gasteiger partial charge is 0.323 e. The minimum atomic E-state index is -0.365. The summed E-state index contributed by atoms with van der Waals surface area (Å²) in [5.74, 6) is 1.94. The fraction of sp³-hybridized carbons (Fsp3) is 0.324. The number of amides is 2. The molecule has 2 aliphatic rings. The van der Waals surface area contributed by atoms with Crippen molar-refractivity contribution < 1.29 is 19.0 Å². The highest BCUT2D eigenvalue weighted by Crippen LogP contribution is 2.39. The molecular weight excluding hydrogens is 634 g/mol. The first kappa shape index (κ1) is 32.9. The zero-order valence-electron chi connectivity index (χ0n) is 27.3. The van der Waals surface area contributed by atoms with Crippen molar-refractivity contribution in [1.29, 1.82) is 0 Å². The number of nitrogens with zero attached hydrogens (tertiary/aromatic N) is 5. The van der Waals surface area contributed by atoms with E-state index < -0.39 is 0 Å². The maximum Gasteiger partial charge on any atom is 0.323 e. The maximum absolute atomic E-state index is 12.8. The number of para-hydroxylation sites is 1. The Morgan fingerprint density at radius 2 is 1.52 bits per heavy atom. The Kier molecular flexibility index (Phi) is 10.5. The number of rotatable bonds is 10. The Hall–Kier alpha value is -4.98. The molecule has 0 atom stereocenters. The quantitative estimate of drug-likeness (QED) is 0.161. The summed E-state index contributed by atoms with van der Waals surface area (Å²) in [6, 6.07) is 18.6. The monoisotopic (exact) mass is 673 g/mol. The first-order chi connectivity index (χ1) is 23.4. The lowest BCUT2D eigenvalue weighted by Crippen LogP contribution is -2.44. The number of methoxy groups -OCH3 is 2. The Labute approximate surface area is 285 Å². The molecule has 48 heavy (non-hydrogen) atoms. The molecular formula is C34H40ClN9O4. The second kappa shape index (κ2) is 15.3. The molecule has 252 valence electrons. The van der Waals surface area contributed by atoms with Gasteiger partial charge in [-0.1, -0.05) is 17.7 Å². The van der Waals surface area contributed by atoms with E-state index in [1.165, 1.54) is 6.20 Å². The lowest BCUT2D eigenvalue weighted by Gasteiger charge is -2.34. The van der Waals surface area contributed by atoms with Crippen molar-refractivity contribution in [2.75, 3.05) is 105 Å². The first-order valence-electron chi connectivity index (χ1n) is 15.8. The van der Waals surface area contributed by atoms with Gasteiger partial charge >= 0.3 is 6.03 Å². The predicted octanol–water partition coefficient (Wildman–Crippen LogP) is 5.87. The van der Waals surface area contributed by atoms with Crippen molar-refractivity contribution in [2.24, 2.45) is 0 Å². The van der Waals surface area contributed by atoms with Crippen LogP contribution >= 0.6 is 11.6 Å². The van der Waals surface area contributed by atoms with Gasteiger partial charge in [0.25, 0.3) is 0 Å². The average Bonchev–Trinajstić information content (AvgIpc) is 3.11. The van der Waals surface area contributed by atoms with E-state index in [2.05, 4.69) is 53.0 Å². The summed E-state index contributed by atoms with van der Waals surface area (Å²) in [5.41, 5.74) is 4.70. The number of carbonyl (C=O) groups is 1. The van der Waals surface area contributed by atoms with Gasteiger partial charge < -0.3 is 50.2 Å². The molecule has 6 rings (SSSR count). The zero-order chi connectivity index (χ0) is 33.5. The van der Waals surface area contributed by atoms with Gasteiger partial charge in [0.2, 0.25) is 5.95 Å². The minimum Gasteiger partial charge on any atom is -0.495 e. The molecule has 4 N–H and O–H groups in total. The molecule has 0 aliphatic carbocycles. The number of anilines is 8. The number of piperazine rings is 1.